The van der Waals surface area contributed by atoms with E-state index in [0.717, 1.165) is 6.42 Å². The molecule has 0 aliphatic rings. The molecule has 0 atom stereocenters. The molecule has 0 unspecified atom stereocenters. The van der Waals surface area contributed by atoms with Crippen molar-refractivity contribution in [3.63, 3.8) is 0 Å². The van der Waals surface area contributed by atoms with Crippen molar-refractivity contribution in [3.05, 3.63) is 0 Å². The van der Waals surface area contributed by atoms with Crippen molar-refractivity contribution >= 4 is 29.1 Å². The summed E-state index contributed by atoms with van der Waals surface area (Å²) in [7, 11) is 0. The highest BCUT2D eigenvalue weighted by molar-refractivity contribution is 6.22. The van der Waals surface area contributed by atoms with Gasteiger partial charge in [0.25, 0.3) is 0 Å². The number of alkyl halides is 2. The number of carbonyl (C=O) groups is 1. The van der Waals surface area contributed by atoms with Crippen molar-refractivity contribution in [2.45, 2.75) is 39.2 Å². The lowest BCUT2D eigenvalue weighted by Gasteiger charge is -2.29. The van der Waals surface area contributed by atoms with Crippen LogP contribution in [0.2, 0.25) is 0 Å². The predicted octanol–water partition coefficient (Wildman–Crippen LogP) is 2.78. The summed E-state index contributed by atoms with van der Waals surface area (Å²) in [5.41, 5.74) is -0.435. The second kappa shape index (κ2) is 6.52. The number of amides is 1. The molecule has 14 heavy (non-hydrogen) atoms. The van der Waals surface area contributed by atoms with Crippen molar-refractivity contribution in [2.24, 2.45) is 5.92 Å². The zero-order chi connectivity index (χ0) is 11.2. The molecule has 84 valence electrons. The Balaban J connectivity index is 4.22. The van der Waals surface area contributed by atoms with Crippen LogP contribution >= 0.6 is 23.2 Å². The molecule has 4 heteroatoms. The van der Waals surface area contributed by atoms with E-state index in [1.807, 2.05) is 20.8 Å². The van der Waals surface area contributed by atoms with Crippen LogP contribution < -0.4 is 5.32 Å². The van der Waals surface area contributed by atoms with Crippen molar-refractivity contribution in [2.75, 3.05) is 11.8 Å². The molecule has 0 bridgehead atoms. The van der Waals surface area contributed by atoms with Crippen LogP contribution in [0.4, 0.5) is 0 Å². The number of halogens is 2. The van der Waals surface area contributed by atoms with E-state index < -0.39 is 5.54 Å². The van der Waals surface area contributed by atoms with E-state index in [1.54, 1.807) is 0 Å². The fourth-order valence-corrected chi connectivity index (χ4v) is 1.89. The molecule has 0 heterocycles. The number of carbonyl (C=O) groups excluding carboxylic acids is 1. The molecule has 1 N–H and O–H groups in total. The summed E-state index contributed by atoms with van der Waals surface area (Å²) in [6.07, 6.45) is 1.28. The molecule has 0 fully saturated rings. The van der Waals surface area contributed by atoms with Gasteiger partial charge in [0.15, 0.2) is 0 Å². The van der Waals surface area contributed by atoms with Gasteiger partial charge in [0.2, 0.25) is 5.91 Å². The molecule has 0 saturated heterocycles. The summed E-state index contributed by atoms with van der Waals surface area (Å²) in [5.74, 6) is 1.10. The average molecular weight is 240 g/mol. The SMILES string of the molecule is CCC(CCl)(CCl)NC(=O)CC(C)C. The zero-order valence-corrected chi connectivity index (χ0v) is 10.6. The van der Waals surface area contributed by atoms with Gasteiger partial charge in [0, 0.05) is 18.2 Å². The third-order valence-electron chi connectivity index (χ3n) is 2.19. The van der Waals surface area contributed by atoms with E-state index in [9.17, 15) is 4.79 Å². The molecule has 0 aromatic rings. The summed E-state index contributed by atoms with van der Waals surface area (Å²) in [4.78, 5) is 11.5. The minimum atomic E-state index is -0.435. The standard InChI is InChI=1S/C10H19Cl2NO/c1-4-10(6-11,7-12)13-9(14)5-8(2)3/h8H,4-7H2,1-3H3,(H,13,14). The normalized spacial score (nSPS) is 11.9. The summed E-state index contributed by atoms with van der Waals surface area (Å²) in [6.45, 7) is 5.99. The van der Waals surface area contributed by atoms with Gasteiger partial charge < -0.3 is 5.32 Å². The van der Waals surface area contributed by atoms with Crippen LogP contribution in [0.3, 0.4) is 0 Å². The number of hydrogen-bond acceptors (Lipinski definition) is 1. The molecule has 0 saturated carbocycles. The first-order valence-corrected chi connectivity index (χ1v) is 5.99. The highest BCUT2D eigenvalue weighted by Crippen LogP contribution is 2.15. The van der Waals surface area contributed by atoms with Crippen LogP contribution in [0.25, 0.3) is 0 Å². The first-order chi connectivity index (χ1) is 6.49. The fourth-order valence-electron chi connectivity index (χ4n) is 1.10. The van der Waals surface area contributed by atoms with Gasteiger partial charge in [-0.2, -0.15) is 0 Å². The van der Waals surface area contributed by atoms with Crippen LogP contribution in [-0.4, -0.2) is 23.2 Å². The average Bonchev–Trinajstić information content (AvgIpc) is 2.13. The van der Waals surface area contributed by atoms with Gasteiger partial charge >= 0.3 is 0 Å². The van der Waals surface area contributed by atoms with Crippen LogP contribution in [0, 0.1) is 5.92 Å². The van der Waals surface area contributed by atoms with Crippen molar-refractivity contribution in [3.8, 4) is 0 Å². The smallest absolute Gasteiger partial charge is 0.220 e. The monoisotopic (exact) mass is 239 g/mol. The van der Waals surface area contributed by atoms with Crippen LogP contribution in [0.1, 0.15) is 33.6 Å². The highest BCUT2D eigenvalue weighted by Gasteiger charge is 2.28. The topological polar surface area (TPSA) is 29.1 Å². The number of rotatable bonds is 6. The lowest BCUT2D eigenvalue weighted by atomic mass is 10.0. The maximum Gasteiger partial charge on any atom is 0.220 e. The largest absolute Gasteiger partial charge is 0.348 e. The molecular formula is C10H19Cl2NO. The Morgan fingerprint density at radius 3 is 2.14 bits per heavy atom. The Bertz CT molecular complexity index is 171. The number of nitrogens with one attached hydrogen (secondary N) is 1. The molecule has 0 rings (SSSR count). The Morgan fingerprint density at radius 2 is 1.86 bits per heavy atom. The Morgan fingerprint density at radius 1 is 1.36 bits per heavy atom. The molecule has 0 aromatic carbocycles. The maximum atomic E-state index is 11.5. The van der Waals surface area contributed by atoms with Gasteiger partial charge in [-0.3, -0.25) is 4.79 Å². The molecule has 0 aliphatic heterocycles. The third-order valence-corrected chi connectivity index (χ3v) is 3.21. The lowest BCUT2D eigenvalue weighted by Crippen LogP contribution is -2.51. The first kappa shape index (κ1) is 14.1. The quantitative estimate of drug-likeness (QED) is 0.710. The van der Waals surface area contributed by atoms with E-state index in [4.69, 9.17) is 23.2 Å². The second-order valence-corrected chi connectivity index (χ2v) is 4.58. The summed E-state index contributed by atoms with van der Waals surface area (Å²) in [5, 5.41) is 2.91. The van der Waals surface area contributed by atoms with Gasteiger partial charge in [0.1, 0.15) is 0 Å². The molecule has 1 amide bonds. The first-order valence-electron chi connectivity index (χ1n) is 4.92. The summed E-state index contributed by atoms with van der Waals surface area (Å²) >= 11 is 11.6. The maximum absolute atomic E-state index is 11.5. The molecular weight excluding hydrogens is 221 g/mol. The molecule has 0 spiro atoms. The van der Waals surface area contributed by atoms with E-state index >= 15 is 0 Å². The van der Waals surface area contributed by atoms with Crippen LogP contribution in [0.15, 0.2) is 0 Å². The van der Waals surface area contributed by atoms with Crippen LogP contribution in [-0.2, 0) is 4.79 Å². The van der Waals surface area contributed by atoms with Crippen molar-refractivity contribution in [1.82, 2.24) is 5.32 Å². The fraction of sp³-hybridized carbons (Fsp3) is 0.900. The van der Waals surface area contributed by atoms with E-state index in [0.29, 0.717) is 24.1 Å². The van der Waals surface area contributed by atoms with E-state index in [1.165, 1.54) is 0 Å². The van der Waals surface area contributed by atoms with Crippen molar-refractivity contribution < 1.29 is 4.79 Å². The van der Waals surface area contributed by atoms with Gasteiger partial charge in [-0.25, -0.2) is 0 Å². The zero-order valence-electron chi connectivity index (χ0n) is 9.07. The van der Waals surface area contributed by atoms with Gasteiger partial charge in [-0.05, 0) is 12.3 Å². The Hall–Kier alpha value is 0.0500. The molecule has 2 nitrogen and oxygen atoms in total. The summed E-state index contributed by atoms with van der Waals surface area (Å²) in [6, 6.07) is 0. The highest BCUT2D eigenvalue weighted by atomic mass is 35.5. The molecule has 0 aromatic heterocycles. The molecule has 0 radical (unpaired) electrons. The minimum Gasteiger partial charge on any atom is -0.348 e. The third kappa shape index (κ3) is 4.52. The van der Waals surface area contributed by atoms with E-state index in [-0.39, 0.29) is 5.91 Å². The molecule has 0 aliphatic carbocycles. The Kier molecular flexibility index (Phi) is 6.54. The second-order valence-electron chi connectivity index (χ2n) is 4.05. The van der Waals surface area contributed by atoms with Gasteiger partial charge in [-0.15, -0.1) is 23.2 Å². The summed E-state index contributed by atoms with van der Waals surface area (Å²) < 4.78 is 0. The van der Waals surface area contributed by atoms with Gasteiger partial charge in [-0.1, -0.05) is 20.8 Å². The predicted molar refractivity (Wildman–Crippen MR) is 62.1 cm³/mol. The Labute approximate surface area is 96.3 Å². The van der Waals surface area contributed by atoms with Crippen molar-refractivity contribution in [1.29, 1.82) is 0 Å². The number of hydrogen-bond donors (Lipinski definition) is 1. The minimum absolute atomic E-state index is 0.0307. The van der Waals surface area contributed by atoms with E-state index in [2.05, 4.69) is 5.32 Å². The van der Waals surface area contributed by atoms with Crippen LogP contribution in [0.5, 0.6) is 0 Å². The lowest BCUT2D eigenvalue weighted by molar-refractivity contribution is -0.123. The van der Waals surface area contributed by atoms with Gasteiger partial charge in [0.05, 0.1) is 5.54 Å².